The third-order valence-corrected chi connectivity index (χ3v) is 3.68. The Morgan fingerprint density at radius 3 is 2.48 bits per heavy atom. The van der Waals surface area contributed by atoms with Gasteiger partial charge in [0.25, 0.3) is 6.79 Å². The van der Waals surface area contributed by atoms with E-state index < -0.39 is 5.97 Å². The Morgan fingerprint density at radius 2 is 1.78 bits per heavy atom. The number of oxime groups is 1. The van der Waals surface area contributed by atoms with Gasteiger partial charge in [-0.1, -0.05) is 41.6 Å². The minimum absolute atomic E-state index is 0.293. The number of carbonyl (C=O) groups is 1. The van der Waals surface area contributed by atoms with Crippen LogP contribution in [0.25, 0.3) is 0 Å². The molecule has 0 aliphatic carbocycles. The molecule has 7 heteroatoms. The monoisotopic (exact) mass is 365 g/mol. The van der Waals surface area contributed by atoms with E-state index in [1.54, 1.807) is 36.0 Å². The first-order valence-electron chi connectivity index (χ1n) is 8.29. The first kappa shape index (κ1) is 18.2. The van der Waals surface area contributed by atoms with Gasteiger partial charge < -0.3 is 14.3 Å². The maximum Gasteiger partial charge on any atom is 0.341 e. The molecular weight excluding hydrogens is 346 g/mol. The molecule has 0 N–H and O–H groups in total. The number of para-hydroxylation sites is 1. The Bertz CT molecular complexity index is 921. The van der Waals surface area contributed by atoms with Crippen molar-refractivity contribution in [2.75, 3.05) is 6.79 Å². The highest BCUT2D eigenvalue weighted by atomic mass is 16.8. The summed E-state index contributed by atoms with van der Waals surface area (Å²) in [6.45, 7) is 1.55. The number of esters is 1. The van der Waals surface area contributed by atoms with E-state index in [9.17, 15) is 4.79 Å². The van der Waals surface area contributed by atoms with Gasteiger partial charge in [0.05, 0.1) is 23.0 Å². The number of hydrogen-bond acceptors (Lipinski definition) is 6. The van der Waals surface area contributed by atoms with Crippen LogP contribution in [0.15, 0.2) is 65.8 Å². The third-order valence-electron chi connectivity index (χ3n) is 3.68. The highest BCUT2D eigenvalue weighted by Crippen LogP contribution is 2.25. The average molecular weight is 365 g/mol. The highest BCUT2D eigenvalue weighted by molar-refractivity contribution is 5.89. The molecule has 0 radical (unpaired) electrons. The summed E-state index contributed by atoms with van der Waals surface area (Å²) in [6, 6.07) is 18.1. The summed E-state index contributed by atoms with van der Waals surface area (Å²) in [5.74, 6) is 0.747. The van der Waals surface area contributed by atoms with Gasteiger partial charge in [0.15, 0.2) is 0 Å². The summed E-state index contributed by atoms with van der Waals surface area (Å²) < 4.78 is 12.5. The minimum atomic E-state index is -0.476. The van der Waals surface area contributed by atoms with Crippen LogP contribution >= 0.6 is 0 Å². The molecule has 2 aromatic carbocycles. The zero-order chi connectivity index (χ0) is 19.1. The number of carbonyl (C=O) groups excluding carboxylic acids is 1. The van der Waals surface area contributed by atoms with E-state index in [0.717, 1.165) is 5.69 Å². The Morgan fingerprint density at radius 1 is 1.11 bits per heavy atom. The van der Waals surface area contributed by atoms with Gasteiger partial charge in [0.2, 0.25) is 5.88 Å². The molecule has 0 atom stereocenters. The van der Waals surface area contributed by atoms with Crippen LogP contribution in [0.1, 0.15) is 21.6 Å². The smallest absolute Gasteiger partial charge is 0.341 e. The summed E-state index contributed by atoms with van der Waals surface area (Å²) in [6.07, 6.45) is 1.48. The van der Waals surface area contributed by atoms with Crippen molar-refractivity contribution in [1.82, 2.24) is 9.78 Å². The minimum Gasteiger partial charge on any atom is -0.439 e. The van der Waals surface area contributed by atoms with Crippen molar-refractivity contribution < 1.29 is 19.1 Å². The lowest BCUT2D eigenvalue weighted by Gasteiger charge is -2.06. The van der Waals surface area contributed by atoms with Crippen molar-refractivity contribution in [2.24, 2.45) is 12.2 Å². The number of rotatable bonds is 7. The van der Waals surface area contributed by atoms with E-state index in [0.29, 0.717) is 22.8 Å². The molecule has 0 saturated carbocycles. The van der Waals surface area contributed by atoms with Crippen LogP contribution in [0.3, 0.4) is 0 Å². The molecule has 0 unspecified atom stereocenters. The summed E-state index contributed by atoms with van der Waals surface area (Å²) in [7, 11) is 1.78. The predicted octanol–water partition coefficient (Wildman–Crippen LogP) is 3.69. The predicted molar refractivity (Wildman–Crippen MR) is 99.9 cm³/mol. The van der Waals surface area contributed by atoms with Crippen molar-refractivity contribution in [1.29, 1.82) is 0 Å². The van der Waals surface area contributed by atoms with Crippen molar-refractivity contribution in [2.45, 2.75) is 6.92 Å². The second kappa shape index (κ2) is 8.66. The number of aryl methyl sites for hydroxylation is 2. The van der Waals surface area contributed by atoms with Crippen LogP contribution in [-0.4, -0.2) is 28.8 Å². The molecule has 0 fully saturated rings. The number of benzene rings is 2. The Kier molecular flexibility index (Phi) is 5.84. The lowest BCUT2D eigenvalue weighted by atomic mass is 10.2. The fourth-order valence-corrected chi connectivity index (χ4v) is 2.38. The van der Waals surface area contributed by atoms with E-state index in [2.05, 4.69) is 10.3 Å². The molecular formula is C20H19N3O4. The summed E-state index contributed by atoms with van der Waals surface area (Å²) in [5, 5.41) is 8.18. The fourth-order valence-electron chi connectivity index (χ4n) is 2.38. The van der Waals surface area contributed by atoms with Crippen LogP contribution in [0.4, 0.5) is 0 Å². The Labute approximate surface area is 156 Å². The molecule has 1 aromatic heterocycles. The molecule has 1 heterocycles. The lowest BCUT2D eigenvalue weighted by molar-refractivity contribution is -0.0293. The topological polar surface area (TPSA) is 74.9 Å². The van der Waals surface area contributed by atoms with E-state index >= 15 is 0 Å². The highest BCUT2D eigenvalue weighted by Gasteiger charge is 2.14. The van der Waals surface area contributed by atoms with Crippen LogP contribution in [0.5, 0.6) is 11.6 Å². The van der Waals surface area contributed by atoms with Gasteiger partial charge >= 0.3 is 5.97 Å². The molecule has 0 saturated heterocycles. The van der Waals surface area contributed by atoms with E-state index in [1.807, 2.05) is 43.3 Å². The zero-order valence-electron chi connectivity index (χ0n) is 15.0. The molecule has 27 heavy (non-hydrogen) atoms. The summed E-state index contributed by atoms with van der Waals surface area (Å²) in [5.41, 5.74) is 1.86. The van der Waals surface area contributed by atoms with Gasteiger partial charge in [0, 0.05) is 7.05 Å². The maximum atomic E-state index is 11.8. The van der Waals surface area contributed by atoms with Gasteiger partial charge in [-0.15, -0.1) is 0 Å². The molecule has 0 aliphatic rings. The lowest BCUT2D eigenvalue weighted by Crippen LogP contribution is -2.07. The fraction of sp³-hybridized carbons (Fsp3) is 0.150. The third kappa shape index (κ3) is 4.72. The average Bonchev–Trinajstić information content (AvgIpc) is 2.96. The van der Waals surface area contributed by atoms with E-state index in [4.69, 9.17) is 14.3 Å². The standard InChI is InChI=1S/C20H19N3O4/c1-15-18(19(23(2)22-15)27-17-11-7-4-8-12-17)13-21-26-14-25-20(24)16-9-5-3-6-10-16/h3-13H,14H2,1-2H3. The molecule has 0 spiro atoms. The quantitative estimate of drug-likeness (QED) is 0.210. The van der Waals surface area contributed by atoms with E-state index in [-0.39, 0.29) is 6.79 Å². The van der Waals surface area contributed by atoms with Crippen LogP contribution in [-0.2, 0) is 16.6 Å². The molecule has 3 rings (SSSR count). The number of nitrogens with zero attached hydrogens (tertiary/aromatic N) is 3. The van der Waals surface area contributed by atoms with Crippen molar-refractivity contribution in [3.05, 3.63) is 77.5 Å². The molecule has 0 aliphatic heterocycles. The second-order valence-electron chi connectivity index (χ2n) is 5.62. The first-order valence-corrected chi connectivity index (χ1v) is 8.29. The van der Waals surface area contributed by atoms with Crippen molar-refractivity contribution in [3.8, 4) is 11.6 Å². The molecule has 0 bridgehead atoms. The SMILES string of the molecule is Cc1nn(C)c(Oc2ccccc2)c1C=NOCOC(=O)c1ccccc1. The summed E-state index contributed by atoms with van der Waals surface area (Å²) >= 11 is 0. The van der Waals surface area contributed by atoms with Crippen molar-refractivity contribution in [3.63, 3.8) is 0 Å². The van der Waals surface area contributed by atoms with Crippen molar-refractivity contribution >= 4 is 12.2 Å². The number of aromatic nitrogens is 2. The van der Waals surface area contributed by atoms with Gasteiger partial charge in [-0.2, -0.15) is 5.10 Å². The number of hydrogen-bond donors (Lipinski definition) is 0. The molecule has 138 valence electrons. The van der Waals surface area contributed by atoms with Gasteiger partial charge in [-0.25, -0.2) is 9.48 Å². The van der Waals surface area contributed by atoms with Crippen LogP contribution in [0, 0.1) is 6.92 Å². The van der Waals surface area contributed by atoms with Crippen LogP contribution < -0.4 is 4.74 Å². The second-order valence-corrected chi connectivity index (χ2v) is 5.62. The zero-order valence-corrected chi connectivity index (χ0v) is 15.0. The maximum absolute atomic E-state index is 11.8. The Balaban J connectivity index is 1.59. The normalized spacial score (nSPS) is 10.7. The van der Waals surface area contributed by atoms with Crippen LogP contribution in [0.2, 0.25) is 0 Å². The molecule has 7 nitrogen and oxygen atoms in total. The molecule has 3 aromatic rings. The van der Waals surface area contributed by atoms with Gasteiger partial charge in [0.1, 0.15) is 5.75 Å². The van der Waals surface area contributed by atoms with Gasteiger partial charge in [-0.05, 0) is 31.2 Å². The van der Waals surface area contributed by atoms with Gasteiger partial charge in [-0.3, -0.25) is 0 Å². The number of ether oxygens (including phenoxy) is 2. The largest absolute Gasteiger partial charge is 0.439 e. The summed E-state index contributed by atoms with van der Waals surface area (Å²) in [4.78, 5) is 16.8. The van der Waals surface area contributed by atoms with E-state index in [1.165, 1.54) is 6.21 Å². The first-order chi connectivity index (χ1) is 13.1. The molecule has 0 amide bonds. The Hall–Kier alpha value is -3.61.